The highest BCUT2D eigenvalue weighted by Crippen LogP contribution is 2.38. The Morgan fingerprint density at radius 3 is 1.02 bits per heavy atom. The smallest absolute Gasteiger partial charge is 0.159 e. The standard InChI is InChI=1S/C27H25FN6O.C26H25ClN6.C26H26N6.C25H23FN6/c1-16(2)34-11-8-23(33-34)27-26(19-5-6-22-24(15-19)30-10-9-29-22)31-25(32-27)7-4-18-12-20(17(3)35)14-21(28)13-18;1-16(2)33-13-10-22(32-33)26-25(19-7-8-21-23(15-19)29-12-11-28-21)30-24(31-26)9-6-18-5-4-17(3)20(27)14-18;1-17(2)32-14-11-22(31-32)26-25(20-8-9-21-23(16-20)28-13-12-27-21)29-24(30-26)10-7-19-6-4-5-18(3)15-19;1-16(2)32-14-11-21(31-32)25-24(18-7-9-20-22(15-18)28-13-12-27-20)29-23(30-25)10-8-17-5-3-4-6-19(17)26/h5-6,8-16H,4,7H2,1-3H3,(H,31,32);4-5,7-8,10-16H,6,9H2,1-3H3,(H,30,31);4-6,8-9,11-17H,7,10H2,1-3H3,(H,29,30);3-7,9,11-16H,8,10H2,1-2H3,(H,29,30). The highest BCUT2D eigenvalue weighted by Gasteiger charge is 2.25. The Morgan fingerprint density at radius 2 is 0.682 bits per heavy atom. The highest BCUT2D eigenvalue weighted by atomic mass is 35.5. The van der Waals surface area contributed by atoms with E-state index in [0.29, 0.717) is 42.9 Å². The average molecular weight is 1770 g/mol. The van der Waals surface area contributed by atoms with E-state index in [1.165, 1.54) is 41.8 Å². The summed E-state index contributed by atoms with van der Waals surface area (Å²) < 4.78 is 35.9. The highest BCUT2D eigenvalue weighted by molar-refractivity contribution is 6.31. The van der Waals surface area contributed by atoms with Crippen LogP contribution < -0.4 is 0 Å². The van der Waals surface area contributed by atoms with Crippen LogP contribution in [0.2, 0.25) is 5.02 Å². The Balaban J connectivity index is 0.000000123. The minimum atomic E-state index is -0.412. The summed E-state index contributed by atoms with van der Waals surface area (Å²) in [6.45, 7) is 22.4. The van der Waals surface area contributed by atoms with Gasteiger partial charge in [0.25, 0.3) is 0 Å². The van der Waals surface area contributed by atoms with Crippen molar-refractivity contribution in [3.8, 4) is 90.6 Å². The molecular formula is C104H99ClF2N24O. The van der Waals surface area contributed by atoms with E-state index in [1.807, 2.05) is 160 Å². The molecule has 4 N–H and O–H groups in total. The lowest BCUT2D eigenvalue weighted by atomic mass is 10.0. The minimum absolute atomic E-state index is 0.159. The number of aromatic nitrogens is 24. The number of benzene rings is 8. The molecule has 0 saturated carbocycles. The van der Waals surface area contributed by atoms with Crippen molar-refractivity contribution in [2.75, 3.05) is 0 Å². The molecule has 0 atom stereocenters. The lowest BCUT2D eigenvalue weighted by Gasteiger charge is -2.04. The third kappa shape index (κ3) is 20.8. The predicted octanol–water partition coefficient (Wildman–Crippen LogP) is 22.7. The van der Waals surface area contributed by atoms with Crippen LogP contribution in [0, 0.1) is 25.5 Å². The quantitative estimate of drug-likeness (QED) is 0.0386. The Labute approximate surface area is 766 Å². The number of Topliss-reactive ketones (excluding diaryl/α,β-unsaturated/α-hetero) is 1. The van der Waals surface area contributed by atoms with E-state index in [1.54, 1.807) is 61.7 Å². The Morgan fingerprint density at radius 1 is 0.341 bits per heavy atom. The van der Waals surface area contributed by atoms with Crippen molar-refractivity contribution < 1.29 is 13.6 Å². The van der Waals surface area contributed by atoms with Crippen LogP contribution in [0.3, 0.4) is 0 Å². The third-order valence-corrected chi connectivity index (χ3v) is 23.2. The number of halogens is 3. The molecule has 25 nitrogen and oxygen atoms in total. The summed E-state index contributed by atoms with van der Waals surface area (Å²) in [5, 5.41) is 19.8. The van der Waals surface area contributed by atoms with E-state index in [2.05, 4.69) is 165 Å². The minimum Gasteiger partial charge on any atom is -0.340 e. The molecule has 0 amide bonds. The molecule has 0 unspecified atom stereocenters. The number of carbonyl (C=O) groups is 1. The van der Waals surface area contributed by atoms with Gasteiger partial charge in [-0.15, -0.1) is 0 Å². The van der Waals surface area contributed by atoms with Gasteiger partial charge in [-0.25, -0.2) is 28.7 Å². The van der Waals surface area contributed by atoms with Gasteiger partial charge in [0.05, 0.1) is 89.7 Å². The van der Waals surface area contributed by atoms with Crippen LogP contribution in [0.4, 0.5) is 8.78 Å². The zero-order valence-corrected chi connectivity index (χ0v) is 76.0. The van der Waals surface area contributed by atoms with E-state index in [9.17, 15) is 13.6 Å². The molecule has 8 aromatic carbocycles. The second-order valence-corrected chi connectivity index (χ2v) is 34.2. The number of aromatic amines is 4. The lowest BCUT2D eigenvalue weighted by molar-refractivity contribution is 0.101. The number of fused-ring (bicyclic) bond motifs is 4. The molecule has 0 bridgehead atoms. The number of H-pyrrole nitrogens is 4. The maximum absolute atomic E-state index is 14.1. The molecule has 0 radical (unpaired) electrons. The Kier molecular flexibility index (Phi) is 26.7. The number of imidazole rings is 4. The number of rotatable bonds is 25. The fourth-order valence-electron chi connectivity index (χ4n) is 15.6. The summed E-state index contributed by atoms with van der Waals surface area (Å²) in [5.41, 5.74) is 27.3. The van der Waals surface area contributed by atoms with Crippen LogP contribution in [0.15, 0.2) is 256 Å². The second kappa shape index (κ2) is 39.7. The van der Waals surface area contributed by atoms with Gasteiger partial charge in [-0.05, 0) is 233 Å². The molecule has 0 spiro atoms. The lowest BCUT2D eigenvalue weighted by Crippen LogP contribution is -2.01. The van der Waals surface area contributed by atoms with Crippen molar-refractivity contribution in [2.45, 2.75) is 152 Å². The number of nitrogens with zero attached hydrogens (tertiary/aromatic N) is 20. The Hall–Kier alpha value is -15.4. The topological polar surface area (TPSA) is 306 Å². The van der Waals surface area contributed by atoms with Crippen molar-refractivity contribution >= 4 is 61.5 Å². The van der Waals surface area contributed by atoms with Gasteiger partial charge in [0.15, 0.2) is 5.78 Å². The summed E-state index contributed by atoms with van der Waals surface area (Å²) in [6.07, 6.45) is 27.1. The number of aryl methyl sites for hydroxylation is 10. The van der Waals surface area contributed by atoms with Gasteiger partial charge in [0.2, 0.25) is 0 Å². The van der Waals surface area contributed by atoms with Crippen LogP contribution in [0.5, 0.6) is 0 Å². The fourth-order valence-corrected chi connectivity index (χ4v) is 15.8. The van der Waals surface area contributed by atoms with Crippen molar-refractivity contribution in [1.82, 2.24) is 119 Å². The number of hydrogen-bond acceptors (Lipinski definition) is 17. The van der Waals surface area contributed by atoms with Crippen molar-refractivity contribution in [1.29, 1.82) is 0 Å². The van der Waals surface area contributed by atoms with Gasteiger partial charge in [-0.3, -0.25) is 63.4 Å². The molecular weight excluding hydrogens is 1670 g/mol. The number of nitrogens with one attached hydrogen (secondary N) is 4. The summed E-state index contributed by atoms with van der Waals surface area (Å²) >= 11 is 6.32. The van der Waals surface area contributed by atoms with Crippen LogP contribution >= 0.6 is 11.6 Å². The first-order valence-corrected chi connectivity index (χ1v) is 44.6. The summed E-state index contributed by atoms with van der Waals surface area (Å²) in [7, 11) is 0. The van der Waals surface area contributed by atoms with Crippen LogP contribution in [-0.2, 0) is 51.4 Å². The van der Waals surface area contributed by atoms with Crippen molar-refractivity contribution in [3.63, 3.8) is 0 Å². The van der Waals surface area contributed by atoms with Gasteiger partial charge >= 0.3 is 0 Å². The molecule has 0 aliphatic carbocycles. The fraction of sp³-hybridized carbons (Fsp3) is 0.221. The molecule has 12 aromatic heterocycles. The van der Waals surface area contributed by atoms with Gasteiger partial charge in [0, 0.05) is 157 Å². The Bertz CT molecular complexity index is 7490. The molecule has 20 rings (SSSR count). The van der Waals surface area contributed by atoms with E-state index >= 15 is 0 Å². The van der Waals surface area contributed by atoms with Gasteiger partial charge in [-0.2, -0.15) is 20.4 Å². The molecule has 0 aliphatic rings. The SMILES string of the molecule is CC(=O)c1cc(F)cc(CCc2nc(-c3ccc4nccnc4c3)c(-c3ccn(C(C)C)n3)[nH]2)c1.CC(C)n1ccc(-c2[nH]c(CCc3ccccc3F)nc2-c2ccc3nccnc3c2)n1.Cc1ccc(CCc2nc(-c3ccc4nccnc4c3)c(-c3ccn(C(C)C)n3)[nH]2)cc1Cl.Cc1cccc(CCc2nc(-c3ccc4nccnc4c3)c(-c3ccn(C(C)C)n3)[nH]2)c1. The summed E-state index contributed by atoms with van der Waals surface area (Å²) in [5.74, 6) is 2.64. The van der Waals surface area contributed by atoms with Gasteiger partial charge < -0.3 is 19.9 Å². The summed E-state index contributed by atoms with van der Waals surface area (Å²) in [4.78, 5) is 80.7. The molecule has 0 saturated heterocycles. The second-order valence-electron chi connectivity index (χ2n) is 33.8. The molecule has 0 aliphatic heterocycles. The van der Waals surface area contributed by atoms with E-state index < -0.39 is 5.82 Å². The maximum Gasteiger partial charge on any atom is 0.159 e. The van der Waals surface area contributed by atoms with Crippen molar-refractivity contribution in [3.05, 3.63) is 335 Å². The van der Waals surface area contributed by atoms with E-state index in [0.717, 1.165) is 200 Å². The maximum atomic E-state index is 14.1. The molecule has 12 heterocycles. The van der Waals surface area contributed by atoms with Crippen molar-refractivity contribution in [2.24, 2.45) is 0 Å². The monoisotopic (exact) mass is 1770 g/mol. The number of ketones is 1. The van der Waals surface area contributed by atoms with Gasteiger partial charge in [-0.1, -0.05) is 96.0 Å². The molecule has 132 heavy (non-hydrogen) atoms. The first-order valence-electron chi connectivity index (χ1n) is 44.3. The van der Waals surface area contributed by atoms with Gasteiger partial charge in [0.1, 0.15) is 57.7 Å². The molecule has 0 fully saturated rings. The summed E-state index contributed by atoms with van der Waals surface area (Å²) in [6, 6.07) is 59.2. The largest absolute Gasteiger partial charge is 0.340 e. The molecule has 20 aromatic rings. The average Bonchev–Trinajstić information content (AvgIpc) is 1.64. The molecule has 28 heteroatoms. The zero-order valence-electron chi connectivity index (χ0n) is 75.2. The van der Waals surface area contributed by atoms with Crippen LogP contribution in [0.25, 0.3) is 135 Å². The number of carbonyl (C=O) groups excluding carboxylic acids is 1. The zero-order chi connectivity index (χ0) is 91.6. The molecule has 662 valence electrons. The van der Waals surface area contributed by atoms with Crippen LogP contribution in [-0.4, -0.2) is 125 Å². The van der Waals surface area contributed by atoms with E-state index in [4.69, 9.17) is 51.9 Å². The van der Waals surface area contributed by atoms with Crippen LogP contribution in [0.1, 0.15) is 154 Å². The van der Waals surface area contributed by atoms with E-state index in [-0.39, 0.29) is 29.7 Å². The predicted molar refractivity (Wildman–Crippen MR) is 515 cm³/mol. The number of hydrogen-bond donors (Lipinski definition) is 4. The normalized spacial score (nSPS) is 11.5. The first kappa shape index (κ1) is 88.6. The third-order valence-electron chi connectivity index (χ3n) is 22.8. The first-order chi connectivity index (χ1) is 64.0.